The van der Waals surface area contributed by atoms with Crippen LogP contribution in [0.4, 0.5) is 8.78 Å². The molecule has 332 valence electrons. The van der Waals surface area contributed by atoms with Crippen molar-refractivity contribution in [3.05, 3.63) is 84.4 Å². The van der Waals surface area contributed by atoms with Gasteiger partial charge in [0.2, 0.25) is 0 Å². The van der Waals surface area contributed by atoms with E-state index in [2.05, 4.69) is 39.8 Å². The number of thiophene rings is 2. The van der Waals surface area contributed by atoms with Crippen molar-refractivity contribution in [1.29, 1.82) is 0 Å². The molecule has 7 heterocycles. The molecule has 0 spiro atoms. The second-order valence-corrected chi connectivity index (χ2v) is 25.7. The second kappa shape index (κ2) is 17.9. The molecule has 2 atom stereocenters. The van der Waals surface area contributed by atoms with Crippen molar-refractivity contribution in [3.8, 4) is 51.8 Å². The van der Waals surface area contributed by atoms with E-state index in [1.807, 2.05) is 48.5 Å². The highest BCUT2D eigenvalue weighted by Crippen LogP contribution is 2.77. The van der Waals surface area contributed by atoms with E-state index in [-0.39, 0.29) is 11.6 Å². The van der Waals surface area contributed by atoms with Crippen LogP contribution in [0.1, 0.15) is 79.1 Å². The van der Waals surface area contributed by atoms with E-state index in [1.54, 1.807) is 34.8 Å². The van der Waals surface area contributed by atoms with Gasteiger partial charge in [-0.1, -0.05) is 90.5 Å². The molecular formula is C50H46F2N6S7. The molecule has 0 fully saturated rings. The molecule has 0 radical (unpaired) electrons. The summed E-state index contributed by atoms with van der Waals surface area (Å²) in [7, 11) is -1.62. The van der Waals surface area contributed by atoms with Gasteiger partial charge in [-0.2, -0.15) is 27.5 Å². The number of para-hydroxylation sites is 2. The monoisotopic (exact) mass is 992 g/mol. The van der Waals surface area contributed by atoms with Gasteiger partial charge in [0.15, 0.2) is 0 Å². The highest BCUT2D eigenvalue weighted by atomic mass is 32.3. The molecule has 4 aromatic carbocycles. The normalized spacial score (nSPS) is 14.8. The lowest BCUT2D eigenvalue weighted by atomic mass is 10.0. The van der Waals surface area contributed by atoms with Crippen LogP contribution in [0, 0.1) is 23.5 Å². The molecule has 6 aromatic heterocycles. The van der Waals surface area contributed by atoms with Gasteiger partial charge in [-0.25, -0.2) is 18.7 Å². The van der Waals surface area contributed by atoms with Crippen molar-refractivity contribution >= 4 is 121 Å². The number of rotatable bonds is 16. The molecule has 0 amide bonds. The van der Waals surface area contributed by atoms with Crippen molar-refractivity contribution < 1.29 is 8.78 Å². The van der Waals surface area contributed by atoms with Gasteiger partial charge in [0.25, 0.3) is 0 Å². The van der Waals surface area contributed by atoms with Crippen LogP contribution in [0.3, 0.4) is 0 Å². The standard InChI is InChI=1S/C50H46F2N6S7/c1-5-9-15-27(7-3)25-65(26-28(8-4)16-10-6-2)39-23-37(29-21-31(51)41(45-43(29)55-63-57-45)49-53-33-17-11-13-19-35(33)61-49)59-47(39)48-40(65)24-38(60-48)30-22-32(52)42(46-44(30)56-64-58-46)50-54-34-18-12-14-20-36(34)62-50/h11-14,17-24,27-28H,5-10,15-16,25-26H2,1-4H3. The Morgan fingerprint density at radius 1 is 0.538 bits per heavy atom. The van der Waals surface area contributed by atoms with Crippen molar-refractivity contribution in [2.24, 2.45) is 11.8 Å². The zero-order chi connectivity index (χ0) is 44.4. The van der Waals surface area contributed by atoms with Gasteiger partial charge >= 0.3 is 0 Å². The summed E-state index contributed by atoms with van der Waals surface area (Å²) in [5, 5.41) is 1.23. The molecule has 65 heavy (non-hydrogen) atoms. The molecule has 15 heteroatoms. The summed E-state index contributed by atoms with van der Waals surface area (Å²) in [5.74, 6) is 2.65. The molecule has 0 N–H and O–H groups in total. The van der Waals surface area contributed by atoms with Crippen LogP contribution in [-0.2, 0) is 0 Å². The van der Waals surface area contributed by atoms with Gasteiger partial charge in [0.1, 0.15) is 43.7 Å². The zero-order valence-corrected chi connectivity index (χ0v) is 42.2. The number of nitrogens with zero attached hydrogens (tertiary/aromatic N) is 6. The molecule has 6 nitrogen and oxygen atoms in total. The highest BCUT2D eigenvalue weighted by molar-refractivity contribution is 8.34. The van der Waals surface area contributed by atoms with Gasteiger partial charge in [-0.15, -0.1) is 45.3 Å². The van der Waals surface area contributed by atoms with E-state index >= 15 is 8.78 Å². The number of hydrogen-bond donors (Lipinski definition) is 0. The number of fused-ring (bicyclic) bond motifs is 7. The third-order valence-electron chi connectivity index (χ3n) is 13.1. The molecule has 0 saturated heterocycles. The third-order valence-corrected chi connectivity index (χ3v) is 23.4. The lowest BCUT2D eigenvalue weighted by Gasteiger charge is -2.42. The van der Waals surface area contributed by atoms with E-state index in [0.29, 0.717) is 55.0 Å². The van der Waals surface area contributed by atoms with Crippen LogP contribution in [0.15, 0.2) is 82.6 Å². The summed E-state index contributed by atoms with van der Waals surface area (Å²) in [4.78, 5) is 17.1. The lowest BCUT2D eigenvalue weighted by Crippen LogP contribution is -2.20. The Hall–Kier alpha value is -4.09. The number of unbranched alkanes of at least 4 members (excludes halogenated alkanes) is 2. The molecule has 1 aliphatic heterocycles. The molecule has 10 aromatic rings. The van der Waals surface area contributed by atoms with Crippen LogP contribution < -0.4 is 0 Å². The Kier molecular flexibility index (Phi) is 11.9. The average molecular weight is 993 g/mol. The summed E-state index contributed by atoms with van der Waals surface area (Å²) in [6.07, 6.45) is 9.36. The minimum absolute atomic E-state index is 0.334. The van der Waals surface area contributed by atoms with Crippen LogP contribution >= 0.6 is 78.8 Å². The third kappa shape index (κ3) is 7.48. The van der Waals surface area contributed by atoms with Crippen molar-refractivity contribution in [1.82, 2.24) is 27.5 Å². The van der Waals surface area contributed by atoms with Crippen LogP contribution in [0.2, 0.25) is 0 Å². The molecule has 2 unspecified atom stereocenters. The fourth-order valence-electron chi connectivity index (χ4n) is 9.62. The van der Waals surface area contributed by atoms with Gasteiger partial charge in [0, 0.05) is 30.7 Å². The van der Waals surface area contributed by atoms with Crippen LogP contribution in [-0.4, -0.2) is 39.0 Å². The van der Waals surface area contributed by atoms with Crippen molar-refractivity contribution in [3.63, 3.8) is 0 Å². The number of aromatic nitrogens is 6. The molecule has 11 rings (SSSR count). The van der Waals surface area contributed by atoms with Gasteiger partial charge in [-0.05, 0) is 84.7 Å². The smallest absolute Gasteiger partial charge is 0.136 e. The van der Waals surface area contributed by atoms with Gasteiger partial charge < -0.3 is 0 Å². The summed E-state index contributed by atoms with van der Waals surface area (Å²) >= 11 is 8.73. The SMILES string of the molecule is CCCCC(CC)CS1(CC(CC)CCCC)c2cc(-c3cc(F)c(-c4nc5ccccc5s4)c4nsnc34)sc2-c2sc(-c3cc(F)c(-c4nc5ccccc5s4)c4nsnc34)cc21. The Bertz CT molecular complexity index is 3090. The fourth-order valence-corrected chi connectivity index (χ4v) is 21.7. The quantitative estimate of drug-likeness (QED) is 0.0960. The van der Waals surface area contributed by atoms with Crippen LogP contribution in [0.25, 0.3) is 94.3 Å². The Labute approximate surface area is 402 Å². The predicted octanol–water partition coefficient (Wildman–Crippen LogP) is 17.6. The predicted molar refractivity (Wildman–Crippen MR) is 278 cm³/mol. The first-order chi connectivity index (χ1) is 31.8. The highest BCUT2D eigenvalue weighted by Gasteiger charge is 2.45. The number of thiazole rings is 2. The maximum absolute atomic E-state index is 16.8. The molecule has 0 bridgehead atoms. The minimum Gasteiger partial charge on any atom is -0.236 e. The zero-order valence-electron chi connectivity index (χ0n) is 36.5. The topological polar surface area (TPSA) is 77.3 Å². The molecular weight excluding hydrogens is 947 g/mol. The van der Waals surface area contributed by atoms with E-state index in [4.69, 9.17) is 27.5 Å². The Morgan fingerprint density at radius 3 is 1.38 bits per heavy atom. The van der Waals surface area contributed by atoms with Gasteiger partial charge in [-0.3, -0.25) is 0 Å². The maximum Gasteiger partial charge on any atom is 0.136 e. The average Bonchev–Trinajstić information content (AvgIpc) is 4.18. The van der Waals surface area contributed by atoms with Crippen molar-refractivity contribution in [2.75, 3.05) is 11.5 Å². The summed E-state index contributed by atoms with van der Waals surface area (Å²) in [6, 6.07) is 24.1. The fraction of sp³-hybridized carbons (Fsp3) is 0.320. The van der Waals surface area contributed by atoms with E-state index in [9.17, 15) is 0 Å². The summed E-state index contributed by atoms with van der Waals surface area (Å²) in [5.41, 5.74) is 6.63. The Morgan fingerprint density at radius 2 is 0.969 bits per heavy atom. The first-order valence-corrected chi connectivity index (χ1v) is 29.2. The minimum atomic E-state index is -1.62. The van der Waals surface area contributed by atoms with Gasteiger partial charge in [0.05, 0.1) is 64.8 Å². The van der Waals surface area contributed by atoms with E-state index in [0.717, 1.165) is 89.1 Å². The van der Waals surface area contributed by atoms with E-state index < -0.39 is 10.0 Å². The summed E-state index contributed by atoms with van der Waals surface area (Å²) < 4.78 is 54.8. The van der Waals surface area contributed by atoms with Crippen LogP contribution in [0.5, 0.6) is 0 Å². The summed E-state index contributed by atoms with van der Waals surface area (Å²) in [6.45, 7) is 9.31. The first kappa shape index (κ1) is 43.5. The number of hydrogen-bond acceptors (Lipinski definition) is 12. The lowest BCUT2D eigenvalue weighted by molar-refractivity contribution is 0.484. The molecule has 1 aliphatic rings. The maximum atomic E-state index is 16.8. The Balaban J connectivity index is 1.10. The largest absolute Gasteiger partial charge is 0.236 e. The molecule has 0 aliphatic carbocycles. The number of benzene rings is 4. The first-order valence-electron chi connectivity index (χ1n) is 22.5. The second-order valence-electron chi connectivity index (χ2n) is 17.1. The number of halogens is 2. The van der Waals surface area contributed by atoms with Crippen molar-refractivity contribution in [2.45, 2.75) is 88.9 Å². The van der Waals surface area contributed by atoms with E-state index in [1.165, 1.54) is 80.7 Å². The molecule has 0 saturated carbocycles.